The molecule has 3 aromatic heterocycles. The molecule has 1 aliphatic carbocycles. The SMILES string of the molecule is CCn1cc(CNC2CCCc3nc(-c4cccnc4)ncc32)cn1. The van der Waals surface area contributed by atoms with Gasteiger partial charge in [0.15, 0.2) is 5.82 Å². The number of aryl methyl sites for hydroxylation is 2. The Bertz CT molecular complexity index is 842. The van der Waals surface area contributed by atoms with Gasteiger partial charge in [0.2, 0.25) is 0 Å². The maximum absolute atomic E-state index is 4.80. The van der Waals surface area contributed by atoms with E-state index in [1.165, 1.54) is 11.1 Å². The average molecular weight is 334 g/mol. The molecule has 1 aliphatic rings. The lowest BCUT2D eigenvalue weighted by Crippen LogP contribution is -2.25. The van der Waals surface area contributed by atoms with Gasteiger partial charge in [0.1, 0.15) is 0 Å². The quantitative estimate of drug-likeness (QED) is 0.777. The molecule has 0 bridgehead atoms. The first-order chi connectivity index (χ1) is 12.3. The molecule has 0 spiro atoms. The van der Waals surface area contributed by atoms with Gasteiger partial charge in [0, 0.05) is 66.3 Å². The second-order valence-corrected chi connectivity index (χ2v) is 6.37. The second kappa shape index (κ2) is 7.11. The van der Waals surface area contributed by atoms with Crippen molar-refractivity contribution in [2.24, 2.45) is 0 Å². The van der Waals surface area contributed by atoms with E-state index in [4.69, 9.17) is 4.98 Å². The highest BCUT2D eigenvalue weighted by molar-refractivity contribution is 5.53. The predicted octanol–water partition coefficient (Wildman–Crippen LogP) is 2.92. The Hall–Kier alpha value is -2.60. The van der Waals surface area contributed by atoms with Crippen LogP contribution in [0.2, 0.25) is 0 Å². The standard InChI is InChI=1S/C19H22N6/c1-2-25-13-14(10-23-25)9-21-17-6-3-7-18-16(17)12-22-19(24-18)15-5-4-8-20-11-15/h4-5,8,10-13,17,21H,2-3,6-7,9H2,1H3. The normalized spacial score (nSPS) is 16.6. The summed E-state index contributed by atoms with van der Waals surface area (Å²) >= 11 is 0. The fourth-order valence-electron chi connectivity index (χ4n) is 3.30. The van der Waals surface area contributed by atoms with Crippen LogP contribution in [0.5, 0.6) is 0 Å². The van der Waals surface area contributed by atoms with Crippen molar-refractivity contribution in [1.82, 2.24) is 30.0 Å². The summed E-state index contributed by atoms with van der Waals surface area (Å²) in [6.07, 6.45) is 12.9. The molecule has 0 aromatic carbocycles. The van der Waals surface area contributed by atoms with Crippen LogP contribution in [0.3, 0.4) is 0 Å². The lowest BCUT2D eigenvalue weighted by molar-refractivity contribution is 0.452. The van der Waals surface area contributed by atoms with E-state index in [0.717, 1.165) is 49.4 Å². The number of nitrogens with one attached hydrogen (secondary N) is 1. The smallest absolute Gasteiger partial charge is 0.160 e. The molecular weight excluding hydrogens is 312 g/mol. The summed E-state index contributed by atoms with van der Waals surface area (Å²) < 4.78 is 1.95. The maximum atomic E-state index is 4.80. The average Bonchev–Trinajstić information content (AvgIpc) is 3.14. The number of rotatable bonds is 5. The van der Waals surface area contributed by atoms with Gasteiger partial charge in [-0.25, -0.2) is 9.97 Å². The molecule has 4 rings (SSSR count). The highest BCUT2D eigenvalue weighted by Crippen LogP contribution is 2.29. The monoisotopic (exact) mass is 334 g/mol. The molecule has 0 saturated carbocycles. The molecule has 25 heavy (non-hydrogen) atoms. The third-order valence-corrected chi connectivity index (χ3v) is 4.66. The zero-order valence-corrected chi connectivity index (χ0v) is 14.4. The van der Waals surface area contributed by atoms with E-state index in [1.54, 1.807) is 6.20 Å². The molecule has 0 aliphatic heterocycles. The summed E-state index contributed by atoms with van der Waals surface area (Å²) in [5.74, 6) is 0.761. The van der Waals surface area contributed by atoms with Gasteiger partial charge < -0.3 is 5.32 Å². The summed E-state index contributed by atoms with van der Waals surface area (Å²) in [6, 6.07) is 4.22. The second-order valence-electron chi connectivity index (χ2n) is 6.37. The van der Waals surface area contributed by atoms with Gasteiger partial charge in [-0.15, -0.1) is 0 Å². The van der Waals surface area contributed by atoms with Crippen LogP contribution in [0.4, 0.5) is 0 Å². The Morgan fingerprint density at radius 2 is 2.24 bits per heavy atom. The van der Waals surface area contributed by atoms with Crippen molar-refractivity contribution in [3.63, 3.8) is 0 Å². The van der Waals surface area contributed by atoms with Crippen LogP contribution in [-0.2, 0) is 19.5 Å². The summed E-state index contributed by atoms with van der Waals surface area (Å²) in [7, 11) is 0. The molecule has 1 N–H and O–H groups in total. The van der Waals surface area contributed by atoms with E-state index in [0.29, 0.717) is 6.04 Å². The van der Waals surface area contributed by atoms with Crippen LogP contribution < -0.4 is 5.32 Å². The first-order valence-corrected chi connectivity index (χ1v) is 8.84. The third kappa shape index (κ3) is 3.44. The minimum Gasteiger partial charge on any atom is -0.306 e. The molecule has 1 unspecified atom stereocenters. The van der Waals surface area contributed by atoms with Crippen molar-refractivity contribution in [2.75, 3.05) is 0 Å². The summed E-state index contributed by atoms with van der Waals surface area (Å²) in [6.45, 7) is 3.81. The summed E-state index contributed by atoms with van der Waals surface area (Å²) in [4.78, 5) is 13.5. The van der Waals surface area contributed by atoms with E-state index >= 15 is 0 Å². The number of hydrogen-bond acceptors (Lipinski definition) is 5. The van der Waals surface area contributed by atoms with Crippen LogP contribution in [0.1, 0.15) is 42.6 Å². The third-order valence-electron chi connectivity index (χ3n) is 4.66. The van der Waals surface area contributed by atoms with Crippen LogP contribution in [0.25, 0.3) is 11.4 Å². The van der Waals surface area contributed by atoms with E-state index in [9.17, 15) is 0 Å². The Kier molecular flexibility index (Phi) is 4.52. The van der Waals surface area contributed by atoms with Gasteiger partial charge in [0.25, 0.3) is 0 Å². The van der Waals surface area contributed by atoms with Gasteiger partial charge >= 0.3 is 0 Å². The first-order valence-electron chi connectivity index (χ1n) is 8.84. The molecule has 0 amide bonds. The Balaban J connectivity index is 1.51. The Morgan fingerprint density at radius 3 is 3.04 bits per heavy atom. The zero-order valence-electron chi connectivity index (χ0n) is 14.4. The fraction of sp³-hybridized carbons (Fsp3) is 0.368. The van der Waals surface area contributed by atoms with Gasteiger partial charge in [0.05, 0.1) is 6.20 Å². The Labute approximate surface area is 147 Å². The lowest BCUT2D eigenvalue weighted by Gasteiger charge is -2.25. The van der Waals surface area contributed by atoms with Crippen LogP contribution in [0.15, 0.2) is 43.1 Å². The number of fused-ring (bicyclic) bond motifs is 1. The van der Waals surface area contributed by atoms with Crippen molar-refractivity contribution < 1.29 is 0 Å². The van der Waals surface area contributed by atoms with Crippen molar-refractivity contribution in [1.29, 1.82) is 0 Å². The molecule has 0 fully saturated rings. The summed E-state index contributed by atoms with van der Waals surface area (Å²) in [5, 5.41) is 7.98. The van der Waals surface area contributed by atoms with E-state index in [2.05, 4.69) is 33.5 Å². The molecule has 1 atom stereocenters. The minimum atomic E-state index is 0.302. The van der Waals surface area contributed by atoms with E-state index in [-0.39, 0.29) is 0 Å². The topological polar surface area (TPSA) is 68.5 Å². The molecule has 6 nitrogen and oxygen atoms in total. The van der Waals surface area contributed by atoms with Crippen molar-refractivity contribution in [3.8, 4) is 11.4 Å². The number of nitrogens with zero attached hydrogens (tertiary/aromatic N) is 5. The molecule has 3 aromatic rings. The largest absolute Gasteiger partial charge is 0.306 e. The van der Waals surface area contributed by atoms with Crippen molar-refractivity contribution in [3.05, 3.63) is 59.9 Å². The van der Waals surface area contributed by atoms with Crippen LogP contribution in [-0.4, -0.2) is 24.7 Å². The lowest BCUT2D eigenvalue weighted by atomic mass is 9.92. The zero-order chi connectivity index (χ0) is 17.1. The van der Waals surface area contributed by atoms with E-state index in [1.807, 2.05) is 35.4 Å². The number of hydrogen-bond donors (Lipinski definition) is 1. The molecule has 6 heteroatoms. The number of pyridine rings is 1. The van der Waals surface area contributed by atoms with Crippen molar-refractivity contribution >= 4 is 0 Å². The highest BCUT2D eigenvalue weighted by atomic mass is 15.3. The maximum Gasteiger partial charge on any atom is 0.160 e. The van der Waals surface area contributed by atoms with Gasteiger partial charge in [-0.2, -0.15) is 5.10 Å². The van der Waals surface area contributed by atoms with Crippen molar-refractivity contribution in [2.45, 2.75) is 45.3 Å². The molecule has 0 radical (unpaired) electrons. The number of aromatic nitrogens is 5. The van der Waals surface area contributed by atoms with Crippen LogP contribution in [0, 0.1) is 0 Å². The molecule has 3 heterocycles. The molecular formula is C19H22N6. The Morgan fingerprint density at radius 1 is 1.28 bits per heavy atom. The van der Waals surface area contributed by atoms with Gasteiger partial charge in [-0.05, 0) is 38.3 Å². The molecule has 0 saturated heterocycles. The van der Waals surface area contributed by atoms with Gasteiger partial charge in [-0.1, -0.05) is 0 Å². The highest BCUT2D eigenvalue weighted by Gasteiger charge is 2.22. The predicted molar refractivity (Wildman–Crippen MR) is 95.7 cm³/mol. The summed E-state index contributed by atoms with van der Waals surface area (Å²) in [5.41, 5.74) is 4.55. The fourth-order valence-corrected chi connectivity index (χ4v) is 3.30. The minimum absolute atomic E-state index is 0.302. The first kappa shape index (κ1) is 15.9. The van der Waals surface area contributed by atoms with Crippen LogP contribution >= 0.6 is 0 Å². The van der Waals surface area contributed by atoms with Gasteiger partial charge in [-0.3, -0.25) is 9.67 Å². The molecule has 128 valence electrons. The van der Waals surface area contributed by atoms with E-state index < -0.39 is 0 Å².